The molecule has 0 saturated carbocycles. The summed E-state index contributed by atoms with van der Waals surface area (Å²) >= 11 is 0. The van der Waals surface area contributed by atoms with Gasteiger partial charge in [-0.3, -0.25) is 4.79 Å². The topological polar surface area (TPSA) is 17.1 Å². The molecule has 1 heteroatoms. The molecule has 0 radical (unpaired) electrons. The number of ketones is 1. The molecule has 76 valence electrons. The molecule has 0 aliphatic carbocycles. The van der Waals surface area contributed by atoms with Crippen LogP contribution in [0.3, 0.4) is 0 Å². The van der Waals surface area contributed by atoms with E-state index in [1.807, 2.05) is 6.92 Å². The summed E-state index contributed by atoms with van der Waals surface area (Å²) < 4.78 is 0. The summed E-state index contributed by atoms with van der Waals surface area (Å²) in [5.41, 5.74) is 0.974. The van der Waals surface area contributed by atoms with Gasteiger partial charge < -0.3 is 0 Å². The molecule has 0 spiro atoms. The van der Waals surface area contributed by atoms with Crippen LogP contribution in [0.15, 0.2) is 12.2 Å². The Morgan fingerprint density at radius 3 is 2.23 bits per heavy atom. The van der Waals surface area contributed by atoms with Gasteiger partial charge in [0.25, 0.3) is 0 Å². The second kappa shape index (κ2) is 5.95. The van der Waals surface area contributed by atoms with Crippen molar-refractivity contribution in [3.8, 4) is 0 Å². The van der Waals surface area contributed by atoms with Crippen LogP contribution in [-0.2, 0) is 4.79 Å². The van der Waals surface area contributed by atoms with Gasteiger partial charge >= 0.3 is 0 Å². The first kappa shape index (κ1) is 12.4. The maximum absolute atomic E-state index is 11.4. The molecule has 0 aromatic rings. The lowest BCUT2D eigenvalue weighted by atomic mass is 9.93. The lowest BCUT2D eigenvalue weighted by molar-refractivity contribution is -0.119. The average Bonchev–Trinajstić information content (AvgIpc) is 1.80. The molecule has 0 aromatic heterocycles. The minimum atomic E-state index is 0.334. The van der Waals surface area contributed by atoms with E-state index < -0.39 is 0 Å². The highest BCUT2D eigenvalue weighted by atomic mass is 16.1. The molecule has 1 nitrogen and oxygen atoms in total. The predicted octanol–water partition coefficient (Wildman–Crippen LogP) is 3.59. The molecule has 0 aromatic carbocycles. The SMILES string of the molecule is C=C(C)CC(=O)CC(C)CC(C)C. The van der Waals surface area contributed by atoms with Gasteiger partial charge in [0.1, 0.15) is 5.78 Å². The first-order valence-electron chi connectivity index (χ1n) is 5.08. The number of hydrogen-bond donors (Lipinski definition) is 0. The summed E-state index contributed by atoms with van der Waals surface area (Å²) in [6, 6.07) is 0. The summed E-state index contributed by atoms with van der Waals surface area (Å²) in [6.07, 6.45) is 2.41. The quantitative estimate of drug-likeness (QED) is 0.574. The maximum atomic E-state index is 11.4. The van der Waals surface area contributed by atoms with Gasteiger partial charge in [0.05, 0.1) is 0 Å². The molecule has 0 amide bonds. The van der Waals surface area contributed by atoms with Crippen LogP contribution >= 0.6 is 0 Å². The van der Waals surface area contributed by atoms with E-state index >= 15 is 0 Å². The Kier molecular flexibility index (Phi) is 5.68. The highest BCUT2D eigenvalue weighted by Gasteiger charge is 2.10. The van der Waals surface area contributed by atoms with E-state index in [9.17, 15) is 4.79 Å². The average molecular weight is 182 g/mol. The Hall–Kier alpha value is -0.590. The molecular weight excluding hydrogens is 160 g/mol. The molecule has 13 heavy (non-hydrogen) atoms. The number of Topliss-reactive ketones (excluding diaryl/α,β-unsaturated/α-hetero) is 1. The molecule has 0 aliphatic heterocycles. The Balaban J connectivity index is 3.71. The van der Waals surface area contributed by atoms with Crippen molar-refractivity contribution in [2.45, 2.75) is 47.0 Å². The van der Waals surface area contributed by atoms with Gasteiger partial charge in [-0.05, 0) is 25.2 Å². The van der Waals surface area contributed by atoms with Crippen molar-refractivity contribution in [3.63, 3.8) is 0 Å². The van der Waals surface area contributed by atoms with Crippen molar-refractivity contribution < 1.29 is 4.79 Å². The van der Waals surface area contributed by atoms with Gasteiger partial charge in [0, 0.05) is 12.8 Å². The van der Waals surface area contributed by atoms with Crippen molar-refractivity contribution in [1.29, 1.82) is 0 Å². The van der Waals surface area contributed by atoms with E-state index in [1.165, 1.54) is 0 Å². The molecule has 1 unspecified atom stereocenters. The third-order valence-electron chi connectivity index (χ3n) is 1.95. The number of hydrogen-bond acceptors (Lipinski definition) is 1. The monoisotopic (exact) mass is 182 g/mol. The van der Waals surface area contributed by atoms with Gasteiger partial charge in [-0.15, -0.1) is 0 Å². The first-order valence-corrected chi connectivity index (χ1v) is 5.08. The molecule has 0 aliphatic rings. The fraction of sp³-hybridized carbons (Fsp3) is 0.750. The number of allylic oxidation sites excluding steroid dienone is 1. The summed E-state index contributed by atoms with van der Waals surface area (Å²) in [6.45, 7) is 12.2. The molecular formula is C12H22O. The van der Waals surface area contributed by atoms with Crippen molar-refractivity contribution in [2.24, 2.45) is 11.8 Å². The maximum Gasteiger partial charge on any atom is 0.137 e. The second-order valence-corrected chi connectivity index (χ2v) is 4.61. The van der Waals surface area contributed by atoms with E-state index in [4.69, 9.17) is 0 Å². The zero-order valence-electron chi connectivity index (χ0n) is 9.39. The van der Waals surface area contributed by atoms with Crippen LogP contribution in [-0.4, -0.2) is 5.78 Å². The van der Waals surface area contributed by atoms with Crippen LogP contribution in [0, 0.1) is 11.8 Å². The number of rotatable bonds is 6. The van der Waals surface area contributed by atoms with E-state index in [-0.39, 0.29) is 0 Å². The third-order valence-corrected chi connectivity index (χ3v) is 1.95. The van der Waals surface area contributed by atoms with Crippen LogP contribution in [0.4, 0.5) is 0 Å². The van der Waals surface area contributed by atoms with Crippen molar-refractivity contribution in [1.82, 2.24) is 0 Å². The largest absolute Gasteiger partial charge is 0.299 e. The first-order chi connectivity index (χ1) is 5.91. The molecule has 0 heterocycles. The number of carbonyl (C=O) groups excluding carboxylic acids is 1. The molecule has 0 saturated heterocycles. The summed E-state index contributed by atoms with van der Waals surface area (Å²) in [5, 5.41) is 0. The van der Waals surface area contributed by atoms with Crippen molar-refractivity contribution >= 4 is 5.78 Å². The van der Waals surface area contributed by atoms with Crippen molar-refractivity contribution in [2.75, 3.05) is 0 Å². The van der Waals surface area contributed by atoms with Gasteiger partial charge in [-0.1, -0.05) is 32.9 Å². The standard InChI is InChI=1S/C12H22O/c1-9(2)6-11(5)8-12(13)7-10(3)4/h9,11H,3,6-8H2,1-2,4-5H3. The number of carbonyl (C=O) groups is 1. The molecule has 0 bridgehead atoms. The minimum absolute atomic E-state index is 0.334. The van der Waals surface area contributed by atoms with Gasteiger partial charge in [0.15, 0.2) is 0 Å². The van der Waals surface area contributed by atoms with E-state index in [2.05, 4.69) is 27.4 Å². The summed E-state index contributed by atoms with van der Waals surface area (Å²) in [4.78, 5) is 11.4. The lowest BCUT2D eigenvalue weighted by Gasteiger charge is -2.12. The van der Waals surface area contributed by atoms with Gasteiger partial charge in [-0.2, -0.15) is 0 Å². The molecule has 0 fully saturated rings. The summed E-state index contributed by atoms with van der Waals surface area (Å²) in [5.74, 6) is 1.54. The molecule has 0 rings (SSSR count). The van der Waals surface area contributed by atoms with Crippen LogP contribution < -0.4 is 0 Å². The molecule has 0 N–H and O–H groups in total. The van der Waals surface area contributed by atoms with Crippen LogP contribution in [0.1, 0.15) is 47.0 Å². The highest BCUT2D eigenvalue weighted by molar-refractivity contribution is 5.80. The van der Waals surface area contributed by atoms with Crippen molar-refractivity contribution in [3.05, 3.63) is 12.2 Å². The smallest absolute Gasteiger partial charge is 0.137 e. The third kappa shape index (κ3) is 7.76. The van der Waals surface area contributed by atoms with Crippen LogP contribution in [0.5, 0.6) is 0 Å². The van der Waals surface area contributed by atoms with E-state index in [0.29, 0.717) is 30.5 Å². The Morgan fingerprint density at radius 1 is 1.31 bits per heavy atom. The van der Waals surface area contributed by atoms with Gasteiger partial charge in [-0.25, -0.2) is 0 Å². The Bertz CT molecular complexity index is 180. The van der Waals surface area contributed by atoms with E-state index in [0.717, 1.165) is 12.0 Å². The highest BCUT2D eigenvalue weighted by Crippen LogP contribution is 2.16. The van der Waals surface area contributed by atoms with Crippen LogP contribution in [0.2, 0.25) is 0 Å². The van der Waals surface area contributed by atoms with E-state index in [1.54, 1.807) is 0 Å². The predicted molar refractivity (Wildman–Crippen MR) is 57.7 cm³/mol. The lowest BCUT2D eigenvalue weighted by Crippen LogP contribution is -2.08. The van der Waals surface area contributed by atoms with Crippen LogP contribution in [0.25, 0.3) is 0 Å². The fourth-order valence-corrected chi connectivity index (χ4v) is 1.69. The second-order valence-electron chi connectivity index (χ2n) is 4.61. The van der Waals surface area contributed by atoms with Gasteiger partial charge in [0.2, 0.25) is 0 Å². The zero-order valence-corrected chi connectivity index (χ0v) is 9.39. The zero-order chi connectivity index (χ0) is 10.4. The normalized spacial score (nSPS) is 13.0. The molecule has 1 atom stereocenters. The Labute approximate surface area is 82.2 Å². The minimum Gasteiger partial charge on any atom is -0.299 e. The fourth-order valence-electron chi connectivity index (χ4n) is 1.69. The summed E-state index contributed by atoms with van der Waals surface area (Å²) in [7, 11) is 0. The Morgan fingerprint density at radius 2 is 1.85 bits per heavy atom.